The minimum atomic E-state index is -4.63. The van der Waals surface area contributed by atoms with E-state index in [9.17, 15) is 13.2 Å². The second-order valence-electron chi connectivity index (χ2n) is 7.83. The highest BCUT2D eigenvalue weighted by molar-refractivity contribution is 6.04. The number of benzene rings is 2. The summed E-state index contributed by atoms with van der Waals surface area (Å²) in [6, 6.07) is 9.63. The quantitative estimate of drug-likeness (QED) is 0.145. The lowest BCUT2D eigenvalue weighted by Gasteiger charge is -2.19. The third-order valence-corrected chi connectivity index (χ3v) is 4.92. The van der Waals surface area contributed by atoms with Crippen LogP contribution in [0.2, 0.25) is 0 Å². The predicted molar refractivity (Wildman–Crippen MR) is 127 cm³/mol. The zero-order chi connectivity index (χ0) is 25.1. The topological polar surface area (TPSA) is 49.3 Å². The van der Waals surface area contributed by atoms with Gasteiger partial charge in [0.1, 0.15) is 31.0 Å². The maximum absolute atomic E-state index is 13.2. The molecule has 0 saturated heterocycles. The van der Waals surface area contributed by atoms with E-state index in [4.69, 9.17) is 14.2 Å². The van der Waals surface area contributed by atoms with Crippen LogP contribution in [0.15, 0.2) is 53.7 Å². The molecule has 0 radical (unpaired) electrons. The second-order valence-corrected chi connectivity index (χ2v) is 7.83. The molecule has 5 nitrogen and oxygen atoms in total. The van der Waals surface area contributed by atoms with Crippen LogP contribution in [0.4, 0.5) is 13.2 Å². The molecule has 0 heterocycles. The minimum Gasteiger partial charge on any atom is -0.494 e. The van der Waals surface area contributed by atoms with E-state index in [2.05, 4.69) is 9.99 Å². The molecule has 1 atom stereocenters. The van der Waals surface area contributed by atoms with Crippen molar-refractivity contribution in [1.82, 2.24) is 0 Å². The smallest absolute Gasteiger partial charge is 0.437 e. The Bertz CT molecular complexity index is 963. The molecule has 0 aromatic heterocycles. The number of rotatable bonds is 12. The lowest BCUT2D eigenvalue weighted by atomic mass is 10.1. The largest absolute Gasteiger partial charge is 0.494 e. The van der Waals surface area contributed by atoms with Crippen molar-refractivity contribution in [2.45, 2.75) is 52.8 Å². The van der Waals surface area contributed by atoms with Crippen LogP contribution in [-0.2, 0) is 4.84 Å². The molecule has 186 valence electrons. The number of oxime groups is 1. The van der Waals surface area contributed by atoms with E-state index in [1.165, 1.54) is 18.2 Å². The lowest BCUT2D eigenvalue weighted by Crippen LogP contribution is -2.24. The van der Waals surface area contributed by atoms with Crippen LogP contribution >= 0.6 is 0 Å². The van der Waals surface area contributed by atoms with Crippen molar-refractivity contribution in [2.75, 3.05) is 20.3 Å². The molecular formula is C26H32F3NO4. The Labute approximate surface area is 199 Å². The zero-order valence-corrected chi connectivity index (χ0v) is 20.2. The molecule has 0 aliphatic carbocycles. The highest BCUT2D eigenvalue weighted by Gasteiger charge is 2.38. The van der Waals surface area contributed by atoms with Crippen LogP contribution in [0, 0.1) is 13.8 Å². The molecule has 0 aliphatic rings. The highest BCUT2D eigenvalue weighted by atomic mass is 19.4. The molecule has 2 aromatic carbocycles. The van der Waals surface area contributed by atoms with Gasteiger partial charge in [-0.1, -0.05) is 29.4 Å². The first-order valence-electron chi connectivity index (χ1n) is 11.1. The number of ether oxygens (including phenoxy) is 3. The van der Waals surface area contributed by atoms with Crippen molar-refractivity contribution in [2.24, 2.45) is 5.16 Å². The zero-order valence-electron chi connectivity index (χ0n) is 20.2. The van der Waals surface area contributed by atoms with Gasteiger partial charge in [-0.15, -0.1) is 0 Å². The van der Waals surface area contributed by atoms with Crippen molar-refractivity contribution in [1.29, 1.82) is 0 Å². The number of hydrogen-bond acceptors (Lipinski definition) is 5. The van der Waals surface area contributed by atoms with Crippen LogP contribution in [-0.4, -0.2) is 38.3 Å². The van der Waals surface area contributed by atoms with Crippen molar-refractivity contribution < 1.29 is 32.2 Å². The molecule has 8 heteroatoms. The first kappa shape index (κ1) is 27.1. The number of allylic oxidation sites excluding steroid dienone is 1. The molecule has 0 saturated carbocycles. The Hall–Kier alpha value is -3.16. The summed E-state index contributed by atoms with van der Waals surface area (Å²) in [4.78, 5) is 4.35. The Balaban J connectivity index is 1.89. The van der Waals surface area contributed by atoms with E-state index in [0.717, 1.165) is 36.2 Å². The third-order valence-electron chi connectivity index (χ3n) is 4.92. The van der Waals surface area contributed by atoms with Gasteiger partial charge in [0, 0.05) is 5.56 Å². The summed E-state index contributed by atoms with van der Waals surface area (Å²) in [7, 11) is 1.08. The Morgan fingerprint density at radius 2 is 1.76 bits per heavy atom. The molecular weight excluding hydrogens is 447 g/mol. The highest BCUT2D eigenvalue weighted by Crippen LogP contribution is 2.30. The Morgan fingerprint density at radius 3 is 2.38 bits per heavy atom. The SMILES string of the molecule is C/C=C/COc1cc(C)c(OC(C)CCCOc2cccc(/C(=N\OC)C(F)(F)F)c2)c(C)c1. The van der Waals surface area contributed by atoms with E-state index >= 15 is 0 Å². The van der Waals surface area contributed by atoms with Crippen molar-refractivity contribution in [3.63, 3.8) is 0 Å². The van der Waals surface area contributed by atoms with Gasteiger partial charge >= 0.3 is 6.18 Å². The van der Waals surface area contributed by atoms with E-state index in [1.54, 1.807) is 6.07 Å². The molecule has 2 aromatic rings. The molecule has 0 N–H and O–H groups in total. The fourth-order valence-corrected chi connectivity index (χ4v) is 3.33. The van der Waals surface area contributed by atoms with Gasteiger partial charge in [0.05, 0.1) is 12.7 Å². The van der Waals surface area contributed by atoms with E-state index in [-0.39, 0.29) is 11.7 Å². The first-order chi connectivity index (χ1) is 16.2. The minimum absolute atomic E-state index is 0.0622. The maximum atomic E-state index is 13.2. The fraction of sp³-hybridized carbons (Fsp3) is 0.423. The number of alkyl halides is 3. The third kappa shape index (κ3) is 8.32. The van der Waals surface area contributed by atoms with Gasteiger partial charge in [-0.3, -0.25) is 0 Å². The van der Waals surface area contributed by atoms with Gasteiger partial charge in [-0.05, 0) is 75.9 Å². The summed E-state index contributed by atoms with van der Waals surface area (Å²) in [6.45, 7) is 8.75. The van der Waals surface area contributed by atoms with E-state index < -0.39 is 11.9 Å². The summed E-state index contributed by atoms with van der Waals surface area (Å²) in [6.07, 6.45) is 0.581. The molecule has 0 aliphatic heterocycles. The summed E-state index contributed by atoms with van der Waals surface area (Å²) >= 11 is 0. The molecule has 0 spiro atoms. The summed E-state index contributed by atoms with van der Waals surface area (Å²) in [5, 5.41) is 3.11. The average molecular weight is 480 g/mol. The molecule has 2 rings (SSSR count). The normalized spacial score (nSPS) is 13.1. The summed E-state index contributed by atoms with van der Waals surface area (Å²) in [5.41, 5.74) is 0.765. The summed E-state index contributed by atoms with van der Waals surface area (Å²) < 4.78 is 57.0. The average Bonchev–Trinajstić information content (AvgIpc) is 2.77. The first-order valence-corrected chi connectivity index (χ1v) is 11.1. The van der Waals surface area contributed by atoms with E-state index in [1.807, 2.05) is 52.0 Å². The van der Waals surface area contributed by atoms with E-state index in [0.29, 0.717) is 25.4 Å². The van der Waals surface area contributed by atoms with Crippen LogP contribution in [0.5, 0.6) is 17.2 Å². The molecule has 0 amide bonds. The number of hydrogen-bond donors (Lipinski definition) is 0. The van der Waals surface area contributed by atoms with Crippen LogP contribution < -0.4 is 14.2 Å². The Kier molecular flexibility index (Phi) is 10.3. The summed E-state index contributed by atoms with van der Waals surface area (Å²) in [5.74, 6) is 1.96. The van der Waals surface area contributed by atoms with Crippen LogP contribution in [0.3, 0.4) is 0 Å². The molecule has 0 bridgehead atoms. The van der Waals surface area contributed by atoms with Crippen LogP contribution in [0.25, 0.3) is 0 Å². The van der Waals surface area contributed by atoms with Gasteiger partial charge in [0.2, 0.25) is 0 Å². The molecule has 34 heavy (non-hydrogen) atoms. The van der Waals surface area contributed by atoms with Gasteiger partial charge in [0.15, 0.2) is 5.71 Å². The lowest BCUT2D eigenvalue weighted by molar-refractivity contribution is -0.0608. The van der Waals surface area contributed by atoms with Crippen molar-refractivity contribution >= 4 is 5.71 Å². The fourth-order valence-electron chi connectivity index (χ4n) is 3.33. The standard InChI is InChI=1S/C26H32F3NO4/c1-6-7-13-33-23-15-18(2)24(19(3)16-23)34-20(4)10-9-14-32-22-12-8-11-21(17-22)25(30-31-5)26(27,28)29/h6-8,11-12,15-17,20H,9-10,13-14H2,1-5H3/b7-6+,30-25+. The van der Waals surface area contributed by atoms with Crippen molar-refractivity contribution in [3.05, 3.63) is 65.2 Å². The number of aryl methyl sites for hydroxylation is 2. The van der Waals surface area contributed by atoms with Gasteiger partial charge < -0.3 is 19.0 Å². The monoisotopic (exact) mass is 479 g/mol. The van der Waals surface area contributed by atoms with Gasteiger partial charge in [0.25, 0.3) is 0 Å². The van der Waals surface area contributed by atoms with Gasteiger partial charge in [-0.25, -0.2) is 0 Å². The van der Waals surface area contributed by atoms with Crippen LogP contribution in [0.1, 0.15) is 43.4 Å². The maximum Gasteiger partial charge on any atom is 0.437 e. The number of nitrogens with zero attached hydrogens (tertiary/aromatic N) is 1. The molecule has 0 fully saturated rings. The second kappa shape index (κ2) is 12.9. The van der Waals surface area contributed by atoms with Crippen molar-refractivity contribution in [3.8, 4) is 17.2 Å². The number of halogens is 3. The predicted octanol–water partition coefficient (Wildman–Crippen LogP) is 6.80. The Morgan fingerprint density at radius 1 is 1.06 bits per heavy atom. The molecule has 1 unspecified atom stereocenters. The van der Waals surface area contributed by atoms with Gasteiger partial charge in [-0.2, -0.15) is 13.2 Å².